The van der Waals surface area contributed by atoms with Crippen molar-refractivity contribution in [2.75, 3.05) is 6.79 Å². The van der Waals surface area contributed by atoms with Crippen LogP contribution < -0.4 is 14.9 Å². The molecule has 2 aromatic rings. The van der Waals surface area contributed by atoms with E-state index in [1.54, 1.807) is 18.2 Å². The highest BCUT2D eigenvalue weighted by molar-refractivity contribution is 9.10. The van der Waals surface area contributed by atoms with Crippen LogP contribution in [0.2, 0.25) is 10.0 Å². The molecule has 0 unspecified atom stereocenters. The van der Waals surface area contributed by atoms with E-state index in [-0.39, 0.29) is 17.4 Å². The second-order valence-corrected chi connectivity index (χ2v) is 6.25. The number of amides is 1. The number of ether oxygens (including phenoxy) is 2. The van der Waals surface area contributed by atoms with E-state index in [4.69, 9.17) is 32.7 Å². The van der Waals surface area contributed by atoms with E-state index in [1.807, 2.05) is 0 Å². The van der Waals surface area contributed by atoms with Crippen LogP contribution in [0.15, 0.2) is 39.9 Å². The Labute approximate surface area is 150 Å². The molecule has 0 fully saturated rings. The maximum Gasteiger partial charge on any atom is 0.272 e. The number of hydrogen-bond acceptors (Lipinski definition) is 4. The van der Waals surface area contributed by atoms with Crippen LogP contribution in [0.1, 0.15) is 15.9 Å². The number of carbonyl (C=O) groups excluding carboxylic acids is 1. The lowest BCUT2D eigenvalue weighted by Crippen LogP contribution is -2.18. The fourth-order valence-electron chi connectivity index (χ4n) is 1.93. The van der Waals surface area contributed by atoms with Gasteiger partial charge in [-0.2, -0.15) is 5.10 Å². The molecule has 0 aliphatic carbocycles. The Hall–Kier alpha value is -1.76. The Balaban J connectivity index is 1.73. The summed E-state index contributed by atoms with van der Waals surface area (Å²) in [5.74, 6) is 0.854. The normalized spacial score (nSPS) is 12.7. The lowest BCUT2D eigenvalue weighted by atomic mass is 10.2. The lowest BCUT2D eigenvalue weighted by molar-refractivity contribution is 0.0955. The molecular formula is C15H9BrCl2N2O3. The number of halogens is 3. The van der Waals surface area contributed by atoms with Gasteiger partial charge in [-0.05, 0) is 46.3 Å². The molecule has 1 N–H and O–H groups in total. The molecule has 8 heteroatoms. The summed E-state index contributed by atoms with van der Waals surface area (Å²) < 4.78 is 11.3. The van der Waals surface area contributed by atoms with Crippen LogP contribution in [0, 0.1) is 0 Å². The highest BCUT2D eigenvalue weighted by Crippen LogP contribution is 2.36. The third kappa shape index (κ3) is 3.60. The van der Waals surface area contributed by atoms with Gasteiger partial charge in [-0.3, -0.25) is 4.79 Å². The Morgan fingerprint density at radius 2 is 1.96 bits per heavy atom. The second-order valence-electron chi connectivity index (χ2n) is 4.55. The summed E-state index contributed by atoms with van der Waals surface area (Å²) in [5, 5.41) is 4.64. The van der Waals surface area contributed by atoms with E-state index in [0.29, 0.717) is 16.5 Å². The molecule has 0 saturated carbocycles. The minimum Gasteiger partial charge on any atom is -0.454 e. The van der Waals surface area contributed by atoms with Gasteiger partial charge >= 0.3 is 0 Å². The first-order valence-electron chi connectivity index (χ1n) is 6.42. The van der Waals surface area contributed by atoms with Crippen molar-refractivity contribution in [3.05, 3.63) is 56.0 Å². The SMILES string of the molecule is O=C(N/N=C/c1cc2c(cc1Br)OCO2)c1ccc(Cl)cc1Cl. The summed E-state index contributed by atoms with van der Waals surface area (Å²) in [6, 6.07) is 8.15. The molecule has 0 bridgehead atoms. The minimum absolute atomic E-state index is 0.189. The molecule has 23 heavy (non-hydrogen) atoms. The standard InChI is InChI=1S/C15H9BrCl2N2O3/c16-11-5-14-13(22-7-23-14)3-8(11)6-19-20-15(21)10-2-1-9(17)4-12(10)18/h1-6H,7H2,(H,20,21)/b19-6+. The fraction of sp³-hybridized carbons (Fsp3) is 0.0667. The number of fused-ring (bicyclic) bond motifs is 1. The number of rotatable bonds is 3. The molecule has 118 valence electrons. The number of benzene rings is 2. The summed E-state index contributed by atoms with van der Waals surface area (Å²) in [6.45, 7) is 0.189. The van der Waals surface area contributed by atoms with Crippen molar-refractivity contribution in [2.45, 2.75) is 0 Å². The summed E-state index contributed by atoms with van der Waals surface area (Å²) in [4.78, 5) is 12.0. The minimum atomic E-state index is -0.431. The Bertz CT molecular complexity index is 812. The zero-order valence-corrected chi connectivity index (χ0v) is 14.6. The molecule has 1 aliphatic heterocycles. The highest BCUT2D eigenvalue weighted by atomic mass is 79.9. The molecular weight excluding hydrogens is 407 g/mol. The molecule has 5 nitrogen and oxygen atoms in total. The van der Waals surface area contributed by atoms with Gasteiger partial charge in [-0.15, -0.1) is 0 Å². The fourth-order valence-corrected chi connectivity index (χ4v) is 2.85. The number of nitrogens with one attached hydrogen (secondary N) is 1. The van der Waals surface area contributed by atoms with Gasteiger partial charge < -0.3 is 9.47 Å². The average Bonchev–Trinajstić information content (AvgIpc) is 2.94. The molecule has 0 radical (unpaired) electrons. The van der Waals surface area contributed by atoms with Crippen molar-refractivity contribution in [1.29, 1.82) is 0 Å². The van der Waals surface area contributed by atoms with Crippen LogP contribution >= 0.6 is 39.1 Å². The summed E-state index contributed by atoms with van der Waals surface area (Å²) >= 11 is 15.2. The van der Waals surface area contributed by atoms with Gasteiger partial charge in [0.15, 0.2) is 11.5 Å². The van der Waals surface area contributed by atoms with Gasteiger partial charge in [-0.25, -0.2) is 5.43 Å². The van der Waals surface area contributed by atoms with Gasteiger partial charge in [0.1, 0.15) is 0 Å². The molecule has 0 atom stereocenters. The van der Waals surface area contributed by atoms with E-state index in [0.717, 1.165) is 10.0 Å². The largest absolute Gasteiger partial charge is 0.454 e. The van der Waals surface area contributed by atoms with Gasteiger partial charge in [0.25, 0.3) is 5.91 Å². The zero-order chi connectivity index (χ0) is 16.4. The van der Waals surface area contributed by atoms with E-state index in [9.17, 15) is 4.79 Å². The first-order chi connectivity index (χ1) is 11.0. The van der Waals surface area contributed by atoms with E-state index >= 15 is 0 Å². The Morgan fingerprint density at radius 1 is 1.22 bits per heavy atom. The van der Waals surface area contributed by atoms with Crippen LogP contribution in [0.3, 0.4) is 0 Å². The van der Waals surface area contributed by atoms with Crippen LogP contribution in [0.25, 0.3) is 0 Å². The highest BCUT2D eigenvalue weighted by Gasteiger charge is 2.15. The third-order valence-corrected chi connectivity index (χ3v) is 4.27. The first-order valence-corrected chi connectivity index (χ1v) is 7.97. The quantitative estimate of drug-likeness (QED) is 0.602. The summed E-state index contributed by atoms with van der Waals surface area (Å²) in [6.07, 6.45) is 1.49. The second kappa shape index (κ2) is 6.78. The molecule has 0 saturated heterocycles. The number of nitrogens with zero attached hydrogens (tertiary/aromatic N) is 1. The predicted molar refractivity (Wildman–Crippen MR) is 91.8 cm³/mol. The van der Waals surface area contributed by atoms with Crippen molar-refractivity contribution in [1.82, 2.24) is 5.43 Å². The molecule has 1 aliphatic rings. The summed E-state index contributed by atoms with van der Waals surface area (Å²) in [5.41, 5.74) is 3.44. The van der Waals surface area contributed by atoms with E-state index < -0.39 is 5.91 Å². The van der Waals surface area contributed by atoms with Crippen molar-refractivity contribution < 1.29 is 14.3 Å². The van der Waals surface area contributed by atoms with Crippen LogP contribution in [-0.4, -0.2) is 18.9 Å². The molecule has 1 amide bonds. The molecule has 2 aromatic carbocycles. The third-order valence-electron chi connectivity index (χ3n) is 3.04. The van der Waals surface area contributed by atoms with Crippen molar-refractivity contribution in [3.8, 4) is 11.5 Å². The zero-order valence-electron chi connectivity index (χ0n) is 11.5. The van der Waals surface area contributed by atoms with Crippen LogP contribution in [-0.2, 0) is 0 Å². The maximum absolute atomic E-state index is 12.0. The van der Waals surface area contributed by atoms with Crippen LogP contribution in [0.5, 0.6) is 11.5 Å². The molecule has 0 aromatic heterocycles. The molecule has 1 heterocycles. The Kier molecular flexibility index (Phi) is 4.75. The van der Waals surface area contributed by atoms with Crippen molar-refractivity contribution in [2.24, 2.45) is 5.10 Å². The molecule has 0 spiro atoms. The Morgan fingerprint density at radius 3 is 2.70 bits per heavy atom. The van der Waals surface area contributed by atoms with E-state index in [1.165, 1.54) is 18.3 Å². The summed E-state index contributed by atoms with van der Waals surface area (Å²) in [7, 11) is 0. The lowest BCUT2D eigenvalue weighted by Gasteiger charge is -2.04. The van der Waals surface area contributed by atoms with Gasteiger partial charge in [0, 0.05) is 15.1 Å². The van der Waals surface area contributed by atoms with E-state index in [2.05, 4.69) is 26.5 Å². The first kappa shape index (κ1) is 16.1. The van der Waals surface area contributed by atoms with Crippen molar-refractivity contribution >= 4 is 51.3 Å². The average molecular weight is 416 g/mol. The molecule has 3 rings (SSSR count). The van der Waals surface area contributed by atoms with Gasteiger partial charge in [0.05, 0.1) is 16.8 Å². The van der Waals surface area contributed by atoms with Crippen molar-refractivity contribution in [3.63, 3.8) is 0 Å². The number of carbonyl (C=O) groups is 1. The van der Waals surface area contributed by atoms with Crippen LogP contribution in [0.4, 0.5) is 0 Å². The number of hydrogen-bond donors (Lipinski definition) is 1. The number of hydrazone groups is 1. The topological polar surface area (TPSA) is 59.9 Å². The smallest absolute Gasteiger partial charge is 0.272 e. The monoisotopic (exact) mass is 414 g/mol. The predicted octanol–water partition coefficient (Wildman–Crippen LogP) is 4.25. The van der Waals surface area contributed by atoms with Gasteiger partial charge in [-0.1, -0.05) is 23.2 Å². The maximum atomic E-state index is 12.0. The van der Waals surface area contributed by atoms with Gasteiger partial charge in [0.2, 0.25) is 6.79 Å².